The summed E-state index contributed by atoms with van der Waals surface area (Å²) in [6.07, 6.45) is 0.845. The van der Waals surface area contributed by atoms with Gasteiger partial charge in [-0.05, 0) is 31.4 Å². The van der Waals surface area contributed by atoms with Gasteiger partial charge in [-0.25, -0.2) is 0 Å². The third-order valence-electron chi connectivity index (χ3n) is 5.58. The Labute approximate surface area is 174 Å². The molecule has 0 aromatic heterocycles. The fraction of sp³-hybridized carbons (Fsp3) is 0.458. The Kier molecular flexibility index (Phi) is 7.81. The van der Waals surface area contributed by atoms with Gasteiger partial charge in [0.05, 0.1) is 19.8 Å². The quantitative estimate of drug-likeness (QED) is 0.686. The van der Waals surface area contributed by atoms with E-state index in [1.165, 1.54) is 11.1 Å². The van der Waals surface area contributed by atoms with E-state index in [0.717, 1.165) is 32.7 Å². The number of morpholine rings is 1. The third-order valence-corrected chi connectivity index (χ3v) is 5.58. The summed E-state index contributed by atoms with van der Waals surface area (Å²) in [5.41, 5.74) is 2.36. The van der Waals surface area contributed by atoms with E-state index in [-0.39, 0.29) is 17.5 Å². The summed E-state index contributed by atoms with van der Waals surface area (Å²) < 4.78 is 5.44. The van der Waals surface area contributed by atoms with Gasteiger partial charge >= 0.3 is 0 Å². The minimum atomic E-state index is -0.0810. The molecule has 29 heavy (non-hydrogen) atoms. The highest BCUT2D eigenvalue weighted by atomic mass is 16.5. The van der Waals surface area contributed by atoms with Crippen molar-refractivity contribution in [1.29, 1.82) is 0 Å². The van der Waals surface area contributed by atoms with Gasteiger partial charge < -0.3 is 15.4 Å². The second kappa shape index (κ2) is 10.5. The molecule has 2 N–H and O–H groups in total. The Bertz CT molecular complexity index is 743. The lowest BCUT2D eigenvalue weighted by Gasteiger charge is -2.40. The molecule has 1 saturated heterocycles. The van der Waals surface area contributed by atoms with Gasteiger partial charge in [-0.15, -0.1) is 0 Å². The summed E-state index contributed by atoms with van der Waals surface area (Å²) in [4.78, 5) is 14.9. The normalized spacial score (nSPS) is 16.3. The van der Waals surface area contributed by atoms with Gasteiger partial charge in [-0.1, -0.05) is 60.7 Å². The van der Waals surface area contributed by atoms with Gasteiger partial charge in [0.2, 0.25) is 5.91 Å². The lowest BCUT2D eigenvalue weighted by Crippen LogP contribution is -2.56. The van der Waals surface area contributed by atoms with Gasteiger partial charge in [0.25, 0.3) is 0 Å². The number of hydrogen-bond donors (Lipinski definition) is 2. The molecule has 0 saturated carbocycles. The molecule has 0 bridgehead atoms. The van der Waals surface area contributed by atoms with Crippen LogP contribution in [0.25, 0.3) is 0 Å². The van der Waals surface area contributed by atoms with Crippen molar-refractivity contribution in [3.8, 4) is 0 Å². The highest BCUT2D eigenvalue weighted by Crippen LogP contribution is 2.18. The Hall–Kier alpha value is -2.21. The maximum Gasteiger partial charge on any atom is 0.234 e. The average molecular weight is 396 g/mol. The second-order valence-electron chi connectivity index (χ2n) is 8.22. The molecule has 1 unspecified atom stereocenters. The largest absolute Gasteiger partial charge is 0.379 e. The zero-order chi connectivity index (χ0) is 20.5. The molecule has 1 atom stereocenters. The van der Waals surface area contributed by atoms with Crippen molar-refractivity contribution in [2.45, 2.75) is 31.8 Å². The smallest absolute Gasteiger partial charge is 0.234 e. The van der Waals surface area contributed by atoms with E-state index >= 15 is 0 Å². The third kappa shape index (κ3) is 6.67. The van der Waals surface area contributed by atoms with E-state index < -0.39 is 0 Å². The van der Waals surface area contributed by atoms with E-state index in [2.05, 4.69) is 65.8 Å². The van der Waals surface area contributed by atoms with Crippen LogP contribution in [0.4, 0.5) is 0 Å². The lowest BCUT2D eigenvalue weighted by molar-refractivity contribution is -0.121. The molecule has 2 aromatic rings. The minimum Gasteiger partial charge on any atom is -0.379 e. The van der Waals surface area contributed by atoms with Gasteiger partial charge in [-0.3, -0.25) is 9.69 Å². The number of nitrogens with zero attached hydrogens (tertiary/aromatic N) is 1. The Balaban J connectivity index is 1.53. The van der Waals surface area contributed by atoms with E-state index in [1.54, 1.807) is 0 Å². The zero-order valence-electron chi connectivity index (χ0n) is 17.6. The van der Waals surface area contributed by atoms with Crippen molar-refractivity contribution >= 4 is 5.91 Å². The van der Waals surface area contributed by atoms with Crippen LogP contribution in [-0.4, -0.2) is 55.7 Å². The molecule has 0 radical (unpaired) electrons. The molecule has 156 valence electrons. The van der Waals surface area contributed by atoms with Crippen LogP contribution >= 0.6 is 0 Å². The van der Waals surface area contributed by atoms with Crippen LogP contribution < -0.4 is 10.6 Å². The highest BCUT2D eigenvalue weighted by molar-refractivity contribution is 5.78. The predicted octanol–water partition coefficient (Wildman–Crippen LogP) is 2.79. The lowest BCUT2D eigenvalue weighted by atomic mass is 9.99. The molecule has 3 rings (SSSR count). The van der Waals surface area contributed by atoms with E-state index in [1.807, 2.05) is 24.3 Å². The summed E-state index contributed by atoms with van der Waals surface area (Å²) in [6, 6.07) is 20.8. The number of ether oxygens (including phenoxy) is 1. The zero-order valence-corrected chi connectivity index (χ0v) is 17.6. The number of carbonyl (C=O) groups excluding carboxylic acids is 1. The molecule has 2 aromatic carbocycles. The van der Waals surface area contributed by atoms with Crippen LogP contribution in [0, 0.1) is 0 Å². The number of hydrogen-bond acceptors (Lipinski definition) is 4. The van der Waals surface area contributed by atoms with Crippen molar-refractivity contribution in [1.82, 2.24) is 15.5 Å². The first-order valence-electron chi connectivity index (χ1n) is 10.5. The Morgan fingerprint density at radius 3 is 2.31 bits per heavy atom. The predicted molar refractivity (Wildman–Crippen MR) is 117 cm³/mol. The molecular weight excluding hydrogens is 362 g/mol. The van der Waals surface area contributed by atoms with Crippen LogP contribution in [0.15, 0.2) is 60.7 Å². The fourth-order valence-electron chi connectivity index (χ4n) is 3.72. The van der Waals surface area contributed by atoms with Gasteiger partial charge in [0.15, 0.2) is 0 Å². The first kappa shape index (κ1) is 21.5. The topological polar surface area (TPSA) is 53.6 Å². The first-order chi connectivity index (χ1) is 14.0. The second-order valence-corrected chi connectivity index (χ2v) is 8.22. The van der Waals surface area contributed by atoms with E-state index in [0.29, 0.717) is 13.1 Å². The standard InChI is InChI=1S/C24H33N3O2/c1-24(2,27-13-15-29-16-14-27)19-26-23(28)18-25-22(21-11-7-4-8-12-21)17-20-9-5-3-6-10-20/h3-12,22,25H,13-19H2,1-2H3,(H,26,28). The summed E-state index contributed by atoms with van der Waals surface area (Å²) in [6.45, 7) is 8.62. The number of rotatable bonds is 9. The van der Waals surface area contributed by atoms with Gasteiger partial charge in [-0.2, -0.15) is 0 Å². The molecule has 1 aliphatic heterocycles. The average Bonchev–Trinajstić information content (AvgIpc) is 2.77. The molecule has 5 nitrogen and oxygen atoms in total. The molecule has 1 fully saturated rings. The molecule has 1 heterocycles. The van der Waals surface area contributed by atoms with Crippen LogP contribution in [0.5, 0.6) is 0 Å². The van der Waals surface area contributed by atoms with Crippen molar-refractivity contribution in [2.24, 2.45) is 0 Å². The van der Waals surface area contributed by atoms with E-state index in [9.17, 15) is 4.79 Å². The van der Waals surface area contributed by atoms with E-state index in [4.69, 9.17) is 4.74 Å². The number of benzene rings is 2. The van der Waals surface area contributed by atoms with Gasteiger partial charge in [0, 0.05) is 31.2 Å². The van der Waals surface area contributed by atoms with Crippen molar-refractivity contribution in [2.75, 3.05) is 39.4 Å². The molecule has 5 heteroatoms. The summed E-state index contributed by atoms with van der Waals surface area (Å²) in [5, 5.41) is 6.56. The SMILES string of the molecule is CC(C)(CNC(=O)CNC(Cc1ccccc1)c1ccccc1)N1CCOCC1. The number of carbonyl (C=O) groups is 1. The number of amides is 1. The molecule has 1 amide bonds. The number of nitrogens with one attached hydrogen (secondary N) is 2. The minimum absolute atomic E-state index is 0.0281. The molecule has 1 aliphatic rings. The van der Waals surface area contributed by atoms with Gasteiger partial charge in [0.1, 0.15) is 0 Å². The summed E-state index contributed by atoms with van der Waals surface area (Å²) in [5.74, 6) is 0.0281. The molecular formula is C24H33N3O2. The Morgan fingerprint density at radius 2 is 1.66 bits per heavy atom. The van der Waals surface area contributed by atoms with Crippen molar-refractivity contribution < 1.29 is 9.53 Å². The molecule has 0 spiro atoms. The van der Waals surface area contributed by atoms with Crippen molar-refractivity contribution in [3.63, 3.8) is 0 Å². The maximum absolute atomic E-state index is 12.5. The highest BCUT2D eigenvalue weighted by Gasteiger charge is 2.28. The summed E-state index contributed by atoms with van der Waals surface area (Å²) >= 11 is 0. The Morgan fingerprint density at radius 1 is 1.03 bits per heavy atom. The summed E-state index contributed by atoms with van der Waals surface area (Å²) in [7, 11) is 0. The van der Waals surface area contributed by atoms with Crippen LogP contribution in [-0.2, 0) is 16.0 Å². The monoisotopic (exact) mass is 395 g/mol. The van der Waals surface area contributed by atoms with Crippen molar-refractivity contribution in [3.05, 3.63) is 71.8 Å². The molecule has 0 aliphatic carbocycles. The van der Waals surface area contributed by atoms with Crippen LogP contribution in [0.1, 0.15) is 31.0 Å². The fourth-order valence-corrected chi connectivity index (χ4v) is 3.72. The maximum atomic E-state index is 12.5. The van der Waals surface area contributed by atoms with Crippen LogP contribution in [0.2, 0.25) is 0 Å². The first-order valence-corrected chi connectivity index (χ1v) is 10.5. The van der Waals surface area contributed by atoms with Crippen LogP contribution in [0.3, 0.4) is 0 Å².